The lowest BCUT2D eigenvalue weighted by Crippen LogP contribution is -2.39. The van der Waals surface area contributed by atoms with Gasteiger partial charge in [0, 0.05) is 26.3 Å². The van der Waals surface area contributed by atoms with Crippen LogP contribution in [0.5, 0.6) is 0 Å². The Labute approximate surface area is 168 Å². The molecule has 0 bridgehead atoms. The van der Waals surface area contributed by atoms with E-state index in [1.807, 2.05) is 6.07 Å². The molecule has 1 aliphatic rings. The maximum Gasteiger partial charge on any atom is 0.191 e. The van der Waals surface area contributed by atoms with Crippen LogP contribution in [0.25, 0.3) is 0 Å². The second kappa shape index (κ2) is 12.5. The van der Waals surface area contributed by atoms with Crippen LogP contribution in [0, 0.1) is 5.92 Å². The minimum Gasteiger partial charge on any atom is -0.378 e. The quantitative estimate of drug-likeness (QED) is 0.333. The van der Waals surface area contributed by atoms with Crippen molar-refractivity contribution in [2.75, 3.05) is 20.2 Å². The van der Waals surface area contributed by atoms with Crippen LogP contribution in [0.15, 0.2) is 15.6 Å². The van der Waals surface area contributed by atoms with Crippen molar-refractivity contribution in [2.24, 2.45) is 10.9 Å². The summed E-state index contributed by atoms with van der Waals surface area (Å²) in [6.07, 6.45) is 7.58. The first kappa shape index (κ1) is 22.2. The molecule has 6 nitrogen and oxygen atoms in total. The van der Waals surface area contributed by atoms with Gasteiger partial charge in [0.15, 0.2) is 11.7 Å². The average molecular weight is 464 g/mol. The van der Waals surface area contributed by atoms with Gasteiger partial charge in [-0.05, 0) is 38.5 Å². The molecule has 1 saturated carbocycles. The van der Waals surface area contributed by atoms with Crippen molar-refractivity contribution < 1.29 is 9.26 Å². The first-order chi connectivity index (χ1) is 11.8. The molecule has 1 aliphatic carbocycles. The lowest BCUT2D eigenvalue weighted by molar-refractivity contribution is 0.0169. The molecule has 1 fully saturated rings. The zero-order valence-corrected chi connectivity index (χ0v) is 18.0. The van der Waals surface area contributed by atoms with Gasteiger partial charge >= 0.3 is 0 Å². The third kappa shape index (κ3) is 7.52. The van der Waals surface area contributed by atoms with Gasteiger partial charge in [0.25, 0.3) is 0 Å². The highest BCUT2D eigenvalue weighted by Gasteiger charge is 2.25. The van der Waals surface area contributed by atoms with Gasteiger partial charge in [0.05, 0.1) is 18.3 Å². The molecule has 0 spiro atoms. The van der Waals surface area contributed by atoms with E-state index in [-0.39, 0.29) is 24.0 Å². The molecule has 0 aromatic carbocycles. The second-order valence-corrected chi connectivity index (χ2v) is 6.32. The molecule has 0 radical (unpaired) electrons. The van der Waals surface area contributed by atoms with Crippen molar-refractivity contribution >= 4 is 29.9 Å². The molecular formula is C18H33IN4O2. The Bertz CT molecular complexity index is 501. The van der Waals surface area contributed by atoms with Gasteiger partial charge in [-0.15, -0.1) is 24.0 Å². The molecule has 7 heteroatoms. The van der Waals surface area contributed by atoms with Gasteiger partial charge in [-0.3, -0.25) is 4.99 Å². The number of hydrogen-bond acceptors (Lipinski definition) is 4. The summed E-state index contributed by atoms with van der Waals surface area (Å²) in [6, 6.07) is 1.98. The van der Waals surface area contributed by atoms with Gasteiger partial charge in [-0.2, -0.15) is 0 Å². The van der Waals surface area contributed by atoms with Crippen LogP contribution in [0.1, 0.15) is 57.4 Å². The number of ether oxygens (including phenoxy) is 1. The van der Waals surface area contributed by atoms with Crippen LogP contribution < -0.4 is 10.6 Å². The average Bonchev–Trinajstić information content (AvgIpc) is 3.28. The number of rotatable bonds is 9. The van der Waals surface area contributed by atoms with E-state index in [0.717, 1.165) is 49.3 Å². The van der Waals surface area contributed by atoms with E-state index in [0.29, 0.717) is 12.6 Å². The topological polar surface area (TPSA) is 71.7 Å². The zero-order chi connectivity index (χ0) is 17.2. The summed E-state index contributed by atoms with van der Waals surface area (Å²) in [5.74, 6) is 2.34. The van der Waals surface area contributed by atoms with Gasteiger partial charge in [-0.1, -0.05) is 24.9 Å². The van der Waals surface area contributed by atoms with E-state index in [4.69, 9.17) is 9.26 Å². The van der Waals surface area contributed by atoms with Crippen molar-refractivity contribution in [1.82, 2.24) is 15.8 Å². The van der Waals surface area contributed by atoms with Crippen molar-refractivity contribution in [3.05, 3.63) is 17.5 Å². The summed E-state index contributed by atoms with van der Waals surface area (Å²) < 4.78 is 11.2. The van der Waals surface area contributed by atoms with Crippen LogP contribution in [-0.4, -0.2) is 37.4 Å². The van der Waals surface area contributed by atoms with E-state index < -0.39 is 0 Å². The third-order valence-electron chi connectivity index (χ3n) is 4.65. The molecule has 1 atom stereocenters. The lowest BCUT2D eigenvalue weighted by atomic mass is 9.98. The van der Waals surface area contributed by atoms with E-state index in [9.17, 15) is 0 Å². The highest BCUT2D eigenvalue weighted by Crippen LogP contribution is 2.30. The fourth-order valence-electron chi connectivity index (χ4n) is 3.33. The molecule has 1 unspecified atom stereocenters. The summed E-state index contributed by atoms with van der Waals surface area (Å²) in [4.78, 5) is 4.26. The number of guanidine groups is 1. The summed E-state index contributed by atoms with van der Waals surface area (Å²) in [5.41, 5.74) is 0.978. The first-order valence-corrected chi connectivity index (χ1v) is 9.27. The van der Waals surface area contributed by atoms with Crippen LogP contribution in [0.2, 0.25) is 0 Å². The Balaban J connectivity index is 0.00000312. The Morgan fingerprint density at radius 3 is 2.72 bits per heavy atom. The Hall–Kier alpha value is -0.830. The van der Waals surface area contributed by atoms with Crippen LogP contribution in [0.4, 0.5) is 0 Å². The molecule has 0 amide bonds. The highest BCUT2D eigenvalue weighted by molar-refractivity contribution is 14.0. The van der Waals surface area contributed by atoms with E-state index >= 15 is 0 Å². The van der Waals surface area contributed by atoms with E-state index in [1.165, 1.54) is 25.7 Å². The monoisotopic (exact) mass is 464 g/mol. The number of aromatic nitrogens is 1. The molecule has 2 N–H and O–H groups in total. The number of hydrogen-bond donors (Lipinski definition) is 2. The van der Waals surface area contributed by atoms with Crippen molar-refractivity contribution in [2.45, 2.75) is 65.0 Å². The summed E-state index contributed by atoms with van der Waals surface area (Å²) in [5, 5.41) is 10.6. The molecular weight excluding hydrogens is 431 g/mol. The maximum atomic E-state index is 5.96. The summed E-state index contributed by atoms with van der Waals surface area (Å²) in [7, 11) is 1.78. The zero-order valence-electron chi connectivity index (χ0n) is 15.7. The van der Waals surface area contributed by atoms with Crippen LogP contribution >= 0.6 is 24.0 Å². The third-order valence-corrected chi connectivity index (χ3v) is 4.65. The predicted octanol–water partition coefficient (Wildman–Crippen LogP) is 3.51. The number of halogens is 1. The summed E-state index contributed by atoms with van der Waals surface area (Å²) >= 11 is 0. The smallest absolute Gasteiger partial charge is 0.191 e. The lowest BCUT2D eigenvalue weighted by Gasteiger charge is -2.23. The van der Waals surface area contributed by atoms with Crippen molar-refractivity contribution in [3.63, 3.8) is 0 Å². The fraction of sp³-hybridized carbons (Fsp3) is 0.778. The standard InChI is InChI=1S/C18H32N4O2.HI/c1-4-15-12-16(24-22-15)13-21-18(19-3)20-11-10-17(23-5-2)14-8-6-7-9-14;/h12,14,17H,4-11,13H2,1-3H3,(H2,19,20,21);1H. The highest BCUT2D eigenvalue weighted by atomic mass is 127. The predicted molar refractivity (Wildman–Crippen MR) is 111 cm³/mol. The molecule has 1 aromatic heterocycles. The molecule has 0 aliphatic heterocycles. The van der Waals surface area contributed by atoms with Gasteiger partial charge < -0.3 is 19.9 Å². The van der Waals surface area contributed by atoms with Crippen LogP contribution in [-0.2, 0) is 17.7 Å². The number of nitrogens with one attached hydrogen (secondary N) is 2. The van der Waals surface area contributed by atoms with Gasteiger partial charge in [0.2, 0.25) is 0 Å². The second-order valence-electron chi connectivity index (χ2n) is 6.32. The van der Waals surface area contributed by atoms with Crippen LogP contribution in [0.3, 0.4) is 0 Å². The minimum absolute atomic E-state index is 0. The van der Waals surface area contributed by atoms with Crippen molar-refractivity contribution in [1.29, 1.82) is 0 Å². The normalized spacial score (nSPS) is 16.5. The SMILES string of the molecule is CCOC(CCNC(=NC)NCc1cc(CC)no1)C1CCCC1.I. The summed E-state index contributed by atoms with van der Waals surface area (Å²) in [6.45, 7) is 6.38. The Kier molecular flexibility index (Phi) is 11.1. The van der Waals surface area contributed by atoms with Crippen molar-refractivity contribution in [3.8, 4) is 0 Å². The number of aryl methyl sites for hydroxylation is 1. The molecule has 1 heterocycles. The number of aliphatic imine (C=N–C) groups is 1. The first-order valence-electron chi connectivity index (χ1n) is 9.27. The minimum atomic E-state index is 0. The molecule has 25 heavy (non-hydrogen) atoms. The molecule has 1 aromatic rings. The fourth-order valence-corrected chi connectivity index (χ4v) is 3.33. The van der Waals surface area contributed by atoms with Gasteiger partial charge in [-0.25, -0.2) is 0 Å². The maximum absolute atomic E-state index is 5.96. The largest absolute Gasteiger partial charge is 0.378 e. The van der Waals surface area contributed by atoms with Gasteiger partial charge in [0.1, 0.15) is 0 Å². The van der Waals surface area contributed by atoms with E-state index in [2.05, 4.69) is 34.6 Å². The number of nitrogens with zero attached hydrogens (tertiary/aromatic N) is 2. The Morgan fingerprint density at radius 2 is 2.12 bits per heavy atom. The molecule has 2 rings (SSSR count). The molecule has 144 valence electrons. The van der Waals surface area contributed by atoms with E-state index in [1.54, 1.807) is 7.05 Å². The Morgan fingerprint density at radius 1 is 1.36 bits per heavy atom. The molecule has 0 saturated heterocycles.